The summed E-state index contributed by atoms with van der Waals surface area (Å²) in [7, 11) is 0. The van der Waals surface area contributed by atoms with Gasteiger partial charge in [-0.2, -0.15) is 0 Å². The van der Waals surface area contributed by atoms with E-state index in [9.17, 15) is 9.59 Å². The Morgan fingerprint density at radius 1 is 1.21 bits per heavy atom. The summed E-state index contributed by atoms with van der Waals surface area (Å²) in [5.41, 5.74) is 1.96. The van der Waals surface area contributed by atoms with Crippen LogP contribution in [0.1, 0.15) is 32.6 Å². The van der Waals surface area contributed by atoms with Gasteiger partial charge in [0, 0.05) is 0 Å². The summed E-state index contributed by atoms with van der Waals surface area (Å²) < 4.78 is 2.43. The third-order valence-electron chi connectivity index (χ3n) is 3.01. The van der Waals surface area contributed by atoms with Crippen molar-refractivity contribution in [2.45, 2.75) is 32.6 Å². The van der Waals surface area contributed by atoms with Gasteiger partial charge in [-0.25, -0.2) is 0 Å². The van der Waals surface area contributed by atoms with Crippen LogP contribution in [-0.2, 0) is 24.5 Å². The Balaban J connectivity index is 2.10. The van der Waals surface area contributed by atoms with E-state index < -0.39 is 5.97 Å². The molecule has 102 valence electrons. The van der Waals surface area contributed by atoms with Crippen LogP contribution in [0, 0.1) is 0 Å². The van der Waals surface area contributed by atoms with Crippen molar-refractivity contribution in [3.63, 3.8) is 0 Å². The molecule has 0 aromatic heterocycles. The van der Waals surface area contributed by atoms with Crippen LogP contribution in [0.4, 0.5) is 0 Å². The van der Waals surface area contributed by atoms with Crippen molar-refractivity contribution < 1.29 is 29.7 Å². The van der Waals surface area contributed by atoms with Crippen LogP contribution in [0.2, 0.25) is 0 Å². The molecule has 4 heteroatoms. The number of carbonyl (C=O) groups excluding carboxylic acids is 1. The molecule has 0 fully saturated rings. The number of ketones is 1. The van der Waals surface area contributed by atoms with Crippen LogP contribution >= 0.6 is 0 Å². The SMILES string of the molecule is CC(=O)C1=[C]([Fe][C]2=C(CCC(=O)O)C=CC2)CC=C1. The van der Waals surface area contributed by atoms with Crippen LogP contribution in [0.25, 0.3) is 0 Å². The maximum atomic E-state index is 11.5. The molecule has 0 amide bonds. The van der Waals surface area contributed by atoms with Crippen molar-refractivity contribution in [1.82, 2.24) is 0 Å². The molecule has 1 N–H and O–H groups in total. The van der Waals surface area contributed by atoms with Gasteiger partial charge in [-0.05, 0) is 0 Å². The molecule has 0 bridgehead atoms. The van der Waals surface area contributed by atoms with E-state index in [2.05, 4.69) is 6.08 Å². The fourth-order valence-corrected chi connectivity index (χ4v) is 3.79. The summed E-state index contributed by atoms with van der Waals surface area (Å²) >= 11 is 0.796. The molecule has 0 heterocycles. The third-order valence-corrected chi connectivity index (χ3v) is 4.78. The van der Waals surface area contributed by atoms with Gasteiger partial charge in [0.2, 0.25) is 0 Å². The zero-order valence-electron chi connectivity index (χ0n) is 10.8. The van der Waals surface area contributed by atoms with Crippen molar-refractivity contribution >= 4 is 11.8 Å². The third kappa shape index (κ3) is 3.55. The van der Waals surface area contributed by atoms with E-state index >= 15 is 0 Å². The van der Waals surface area contributed by atoms with Crippen LogP contribution < -0.4 is 0 Å². The summed E-state index contributed by atoms with van der Waals surface area (Å²) in [6.07, 6.45) is 10.5. The molecule has 0 saturated heterocycles. The molecule has 0 aromatic rings. The number of allylic oxidation sites excluding steroid dienone is 8. The first kappa shape index (κ1) is 14.0. The van der Waals surface area contributed by atoms with E-state index in [0.717, 1.165) is 38.9 Å². The molecule has 0 spiro atoms. The molecule has 0 saturated carbocycles. The number of carbonyl (C=O) groups is 2. The van der Waals surface area contributed by atoms with Crippen molar-refractivity contribution in [2.24, 2.45) is 0 Å². The Kier molecular flexibility index (Phi) is 4.56. The topological polar surface area (TPSA) is 54.4 Å². The molecule has 2 rings (SSSR count). The zero-order valence-corrected chi connectivity index (χ0v) is 11.9. The van der Waals surface area contributed by atoms with Gasteiger partial charge >= 0.3 is 118 Å². The van der Waals surface area contributed by atoms with E-state index in [1.54, 1.807) is 6.92 Å². The predicted molar refractivity (Wildman–Crippen MR) is 69.1 cm³/mol. The van der Waals surface area contributed by atoms with E-state index in [1.807, 2.05) is 18.2 Å². The quantitative estimate of drug-likeness (QED) is 0.767. The van der Waals surface area contributed by atoms with Crippen LogP contribution in [0.15, 0.2) is 44.4 Å². The molecule has 2 aliphatic carbocycles. The van der Waals surface area contributed by atoms with Gasteiger partial charge in [-0.3, -0.25) is 0 Å². The Bertz CT molecular complexity index is 536. The first-order chi connectivity index (χ1) is 9.08. The number of carboxylic acid groups (broad SMARTS) is 1. The molecule has 0 atom stereocenters. The zero-order chi connectivity index (χ0) is 13.8. The van der Waals surface area contributed by atoms with E-state index in [1.165, 1.54) is 8.94 Å². The second-order valence-electron chi connectivity index (χ2n) is 4.47. The molecule has 3 nitrogen and oxygen atoms in total. The number of hydrogen-bond acceptors (Lipinski definition) is 2. The van der Waals surface area contributed by atoms with Gasteiger partial charge in [0.05, 0.1) is 0 Å². The number of aliphatic carboxylic acids is 1. The predicted octanol–water partition coefficient (Wildman–Crippen LogP) is 2.95. The normalized spacial score (nSPS) is 17.9. The summed E-state index contributed by atoms with van der Waals surface area (Å²) in [5, 5.41) is 8.75. The molecule has 2 aliphatic rings. The average Bonchev–Trinajstić information content (AvgIpc) is 2.96. The molecular formula is C15H16FeO3. The minimum absolute atomic E-state index is 0.113. The Hall–Kier alpha value is -1.38. The first-order valence-electron chi connectivity index (χ1n) is 6.21. The second-order valence-corrected chi connectivity index (χ2v) is 6.08. The standard InChI is InChI=1S/C8H9O2.C7H7O.Fe/c9-8(10)6-5-7-3-1-2-4-7;1-6(8)7-4-2-3-5-7;/h1,3H,2,5-6H2,(H,9,10);2,4H,3H2,1H3;. The monoisotopic (exact) mass is 300 g/mol. The summed E-state index contributed by atoms with van der Waals surface area (Å²) in [6.45, 7) is 1.59. The molecule has 0 radical (unpaired) electrons. The van der Waals surface area contributed by atoms with E-state index in [0.29, 0.717) is 6.42 Å². The molecule has 0 aromatic carbocycles. The molecule has 0 unspecified atom stereocenters. The fourth-order valence-electron chi connectivity index (χ4n) is 2.06. The van der Waals surface area contributed by atoms with Gasteiger partial charge in [0.15, 0.2) is 0 Å². The summed E-state index contributed by atoms with van der Waals surface area (Å²) in [4.78, 5) is 22.1. The molecule has 0 aliphatic heterocycles. The Morgan fingerprint density at radius 2 is 1.89 bits per heavy atom. The van der Waals surface area contributed by atoms with Crippen LogP contribution in [0.5, 0.6) is 0 Å². The summed E-state index contributed by atoms with van der Waals surface area (Å²) in [6, 6.07) is 0. The van der Waals surface area contributed by atoms with Crippen molar-refractivity contribution in [1.29, 1.82) is 0 Å². The van der Waals surface area contributed by atoms with Gasteiger partial charge in [0.1, 0.15) is 0 Å². The number of hydrogen-bond donors (Lipinski definition) is 1. The van der Waals surface area contributed by atoms with E-state index in [-0.39, 0.29) is 12.2 Å². The average molecular weight is 300 g/mol. The Labute approximate surface area is 118 Å². The van der Waals surface area contributed by atoms with Crippen LogP contribution in [0.3, 0.4) is 0 Å². The second kappa shape index (κ2) is 6.18. The summed E-state index contributed by atoms with van der Waals surface area (Å²) in [5.74, 6) is -0.652. The van der Waals surface area contributed by atoms with Gasteiger partial charge < -0.3 is 0 Å². The molecule has 19 heavy (non-hydrogen) atoms. The van der Waals surface area contributed by atoms with Gasteiger partial charge in [-0.1, -0.05) is 0 Å². The first-order valence-corrected chi connectivity index (χ1v) is 7.31. The van der Waals surface area contributed by atoms with Gasteiger partial charge in [0.25, 0.3) is 0 Å². The van der Waals surface area contributed by atoms with Crippen molar-refractivity contribution in [3.8, 4) is 0 Å². The maximum absolute atomic E-state index is 11.5. The fraction of sp³-hybridized carbons (Fsp3) is 0.333. The van der Waals surface area contributed by atoms with Gasteiger partial charge in [-0.15, -0.1) is 0 Å². The number of carboxylic acids is 1. The van der Waals surface area contributed by atoms with Crippen LogP contribution in [-0.4, -0.2) is 16.9 Å². The van der Waals surface area contributed by atoms with Crippen molar-refractivity contribution in [2.75, 3.05) is 0 Å². The number of rotatable bonds is 6. The molecular weight excluding hydrogens is 284 g/mol. The van der Waals surface area contributed by atoms with Crippen molar-refractivity contribution in [3.05, 3.63) is 44.4 Å². The van der Waals surface area contributed by atoms with E-state index in [4.69, 9.17) is 5.11 Å². The Morgan fingerprint density at radius 3 is 2.58 bits per heavy atom. The number of Topliss-reactive ketones (excluding diaryl/α,β-unsaturated/α-hetero) is 1. The minimum atomic E-state index is -0.765.